The average molecular weight is 452 g/mol. The molecule has 1 aliphatic carbocycles. The molecule has 1 fully saturated rings. The molecule has 1 aromatic heterocycles. The second-order valence-corrected chi connectivity index (χ2v) is 10.1. The molecule has 2 aliphatic rings. The topological polar surface area (TPSA) is 127 Å². The van der Waals surface area contributed by atoms with Gasteiger partial charge in [0.05, 0.1) is 17.1 Å². The highest BCUT2D eigenvalue weighted by Gasteiger charge is 2.52. The van der Waals surface area contributed by atoms with Crippen LogP contribution in [0.2, 0.25) is 0 Å². The number of tetrazole rings is 1. The Labute approximate surface area is 184 Å². The molecule has 3 aromatic rings. The molecule has 1 unspecified atom stereocenters. The lowest BCUT2D eigenvalue weighted by molar-refractivity contribution is -0.132. The fourth-order valence-electron chi connectivity index (χ4n) is 4.33. The van der Waals surface area contributed by atoms with Gasteiger partial charge < -0.3 is 5.32 Å². The molecule has 2 aromatic carbocycles. The highest BCUT2D eigenvalue weighted by Crippen LogP contribution is 2.34. The van der Waals surface area contributed by atoms with Crippen molar-refractivity contribution in [1.82, 2.24) is 30.4 Å². The van der Waals surface area contributed by atoms with Gasteiger partial charge in [0.25, 0.3) is 5.91 Å². The maximum atomic E-state index is 13.3. The minimum absolute atomic E-state index is 0.102. The molecule has 5 rings (SSSR count). The van der Waals surface area contributed by atoms with E-state index in [2.05, 4.69) is 20.8 Å². The second-order valence-electron chi connectivity index (χ2n) is 8.12. The zero-order valence-electron chi connectivity index (χ0n) is 17.2. The van der Waals surface area contributed by atoms with E-state index in [9.17, 15) is 18.0 Å². The lowest BCUT2D eigenvalue weighted by Crippen LogP contribution is -2.51. The van der Waals surface area contributed by atoms with Gasteiger partial charge in [0.1, 0.15) is 5.54 Å². The van der Waals surface area contributed by atoms with Crippen molar-refractivity contribution in [3.8, 4) is 5.69 Å². The average Bonchev–Trinajstić information content (AvgIpc) is 3.32. The first-order valence-electron chi connectivity index (χ1n) is 10.1. The Bertz CT molecular complexity index is 1330. The van der Waals surface area contributed by atoms with Crippen molar-refractivity contribution in [2.75, 3.05) is 6.26 Å². The number of imide groups is 1. The van der Waals surface area contributed by atoms with Crippen molar-refractivity contribution in [2.45, 2.75) is 36.2 Å². The summed E-state index contributed by atoms with van der Waals surface area (Å²) >= 11 is 0. The summed E-state index contributed by atoms with van der Waals surface area (Å²) in [5.74, 6) is -0.00663. The van der Waals surface area contributed by atoms with Crippen LogP contribution in [0.4, 0.5) is 4.79 Å². The van der Waals surface area contributed by atoms with Gasteiger partial charge in [-0.15, -0.1) is 5.10 Å². The lowest BCUT2D eigenvalue weighted by atomic mass is 9.78. The molecule has 3 amide bonds. The highest BCUT2D eigenvalue weighted by molar-refractivity contribution is 7.90. The Hall–Kier alpha value is -3.60. The third-order valence-electron chi connectivity index (χ3n) is 6.02. The van der Waals surface area contributed by atoms with Crippen LogP contribution in [0.3, 0.4) is 0 Å². The van der Waals surface area contributed by atoms with Gasteiger partial charge in [-0.3, -0.25) is 9.69 Å². The van der Waals surface area contributed by atoms with Crippen LogP contribution in [-0.4, -0.2) is 57.3 Å². The predicted octanol–water partition coefficient (Wildman–Crippen LogP) is 1.05. The summed E-state index contributed by atoms with van der Waals surface area (Å²) < 4.78 is 24.8. The lowest BCUT2D eigenvalue weighted by Gasteiger charge is -2.32. The molecule has 1 N–H and O–H groups in total. The zero-order valence-corrected chi connectivity index (χ0v) is 18.0. The van der Waals surface area contributed by atoms with Crippen LogP contribution in [-0.2, 0) is 34.0 Å². The molecule has 11 heteroatoms. The SMILES string of the molecule is CS(=O)(=O)c1ccc(-n2nnnc2CN2C(=O)NC3(CCc4ccccc4C3)C2=O)cc1. The first-order chi connectivity index (χ1) is 15.3. The smallest absolute Gasteiger partial charge is 0.323 e. The number of nitrogens with zero attached hydrogens (tertiary/aromatic N) is 5. The number of benzene rings is 2. The summed E-state index contributed by atoms with van der Waals surface area (Å²) in [6.45, 7) is -0.102. The van der Waals surface area contributed by atoms with Crippen LogP contribution in [0, 0.1) is 0 Å². The number of hydrogen-bond donors (Lipinski definition) is 1. The Kier molecular flexibility index (Phi) is 4.59. The summed E-state index contributed by atoms with van der Waals surface area (Å²) in [6.07, 6.45) is 2.81. The number of rotatable bonds is 4. The molecule has 0 radical (unpaired) electrons. The van der Waals surface area contributed by atoms with Gasteiger partial charge in [0, 0.05) is 12.7 Å². The molecule has 164 valence electrons. The van der Waals surface area contributed by atoms with Crippen molar-refractivity contribution in [3.05, 3.63) is 65.5 Å². The van der Waals surface area contributed by atoms with Crippen LogP contribution >= 0.6 is 0 Å². The molecule has 10 nitrogen and oxygen atoms in total. The molecule has 1 saturated heterocycles. The molecule has 32 heavy (non-hydrogen) atoms. The van der Waals surface area contributed by atoms with Crippen LogP contribution in [0.15, 0.2) is 53.4 Å². The first-order valence-corrected chi connectivity index (χ1v) is 11.9. The Morgan fingerprint density at radius 1 is 1.06 bits per heavy atom. The quantitative estimate of drug-likeness (QED) is 0.586. The zero-order chi connectivity index (χ0) is 22.5. The van der Waals surface area contributed by atoms with Gasteiger partial charge in [0.15, 0.2) is 15.7 Å². The van der Waals surface area contributed by atoms with Crippen molar-refractivity contribution < 1.29 is 18.0 Å². The minimum atomic E-state index is -3.34. The third-order valence-corrected chi connectivity index (χ3v) is 7.15. The first kappa shape index (κ1) is 20.3. The largest absolute Gasteiger partial charge is 0.325 e. The van der Waals surface area contributed by atoms with Crippen LogP contribution < -0.4 is 5.32 Å². The number of urea groups is 1. The van der Waals surface area contributed by atoms with E-state index in [4.69, 9.17) is 0 Å². The van der Waals surface area contributed by atoms with E-state index < -0.39 is 21.4 Å². The molecule has 1 spiro atoms. The number of carbonyl (C=O) groups excluding carboxylic acids is 2. The highest BCUT2D eigenvalue weighted by atomic mass is 32.2. The van der Waals surface area contributed by atoms with E-state index in [0.717, 1.165) is 16.7 Å². The molecule has 2 heterocycles. The molecule has 0 bridgehead atoms. The second kappa shape index (κ2) is 7.23. The third kappa shape index (κ3) is 3.34. The van der Waals surface area contributed by atoms with E-state index in [1.807, 2.05) is 24.3 Å². The summed E-state index contributed by atoms with van der Waals surface area (Å²) in [7, 11) is -3.34. The maximum Gasteiger partial charge on any atom is 0.325 e. The summed E-state index contributed by atoms with van der Waals surface area (Å²) in [6, 6.07) is 13.5. The van der Waals surface area contributed by atoms with E-state index in [1.54, 1.807) is 12.1 Å². The van der Waals surface area contributed by atoms with Gasteiger partial charge in [-0.1, -0.05) is 24.3 Å². The van der Waals surface area contributed by atoms with Crippen molar-refractivity contribution >= 4 is 21.8 Å². The number of hydrogen-bond acceptors (Lipinski definition) is 7. The van der Waals surface area contributed by atoms with Gasteiger partial charge in [-0.25, -0.2) is 13.2 Å². The number of aromatic nitrogens is 4. The Morgan fingerprint density at radius 3 is 2.50 bits per heavy atom. The van der Waals surface area contributed by atoms with Crippen molar-refractivity contribution in [1.29, 1.82) is 0 Å². The molecule has 1 aliphatic heterocycles. The fourth-order valence-corrected chi connectivity index (χ4v) is 4.96. The summed E-state index contributed by atoms with van der Waals surface area (Å²) in [5.41, 5.74) is 1.82. The number of amides is 3. The van der Waals surface area contributed by atoms with E-state index in [0.29, 0.717) is 24.9 Å². The molecule has 0 saturated carbocycles. The maximum absolute atomic E-state index is 13.3. The standard InChI is InChI=1S/C21H20N6O4S/c1-32(30,31)17-8-6-16(7-9-17)27-18(23-24-25-27)13-26-19(28)21(22-20(26)29)11-10-14-4-2-3-5-15(14)12-21/h2-9H,10-13H2,1H3,(H,22,29). The van der Waals surface area contributed by atoms with Crippen LogP contribution in [0.25, 0.3) is 5.69 Å². The number of aryl methyl sites for hydroxylation is 1. The fraction of sp³-hybridized carbons (Fsp3) is 0.286. The van der Waals surface area contributed by atoms with E-state index in [1.165, 1.54) is 22.4 Å². The van der Waals surface area contributed by atoms with Gasteiger partial charge in [-0.05, 0) is 58.7 Å². The number of fused-ring (bicyclic) bond motifs is 1. The van der Waals surface area contributed by atoms with Crippen LogP contribution in [0.5, 0.6) is 0 Å². The monoisotopic (exact) mass is 452 g/mol. The number of carbonyl (C=O) groups is 2. The summed E-state index contributed by atoms with van der Waals surface area (Å²) in [5, 5.41) is 14.5. The molecular formula is C21H20N6O4S. The minimum Gasteiger partial charge on any atom is -0.323 e. The predicted molar refractivity (Wildman–Crippen MR) is 113 cm³/mol. The Balaban J connectivity index is 1.40. The van der Waals surface area contributed by atoms with Gasteiger partial charge in [0.2, 0.25) is 0 Å². The van der Waals surface area contributed by atoms with E-state index in [-0.39, 0.29) is 23.2 Å². The van der Waals surface area contributed by atoms with Crippen molar-refractivity contribution in [2.24, 2.45) is 0 Å². The van der Waals surface area contributed by atoms with Gasteiger partial charge >= 0.3 is 6.03 Å². The normalized spacial score (nSPS) is 20.5. The van der Waals surface area contributed by atoms with Crippen molar-refractivity contribution in [3.63, 3.8) is 0 Å². The van der Waals surface area contributed by atoms with Crippen LogP contribution in [0.1, 0.15) is 23.4 Å². The Morgan fingerprint density at radius 2 is 1.78 bits per heavy atom. The molecule has 1 atom stereocenters. The molecular weight excluding hydrogens is 432 g/mol. The van der Waals surface area contributed by atoms with E-state index >= 15 is 0 Å². The number of sulfone groups is 1. The summed E-state index contributed by atoms with van der Waals surface area (Å²) in [4.78, 5) is 27.4. The number of nitrogens with one attached hydrogen (secondary N) is 1. The van der Waals surface area contributed by atoms with Gasteiger partial charge in [-0.2, -0.15) is 4.68 Å².